The fourth-order valence-electron chi connectivity index (χ4n) is 3.29. The number of hydrogen-bond acceptors (Lipinski definition) is 4. The molecule has 2 heterocycles. The van der Waals surface area contributed by atoms with Gasteiger partial charge in [0.25, 0.3) is 0 Å². The lowest BCUT2D eigenvalue weighted by Crippen LogP contribution is -2.47. The van der Waals surface area contributed by atoms with Crippen LogP contribution in [0.1, 0.15) is 59.3 Å². The van der Waals surface area contributed by atoms with Crippen molar-refractivity contribution in [2.24, 2.45) is 0 Å². The first-order chi connectivity index (χ1) is 10.4. The predicted octanol–water partition coefficient (Wildman–Crippen LogP) is 2.51. The van der Waals surface area contributed by atoms with Crippen molar-refractivity contribution in [3.63, 3.8) is 0 Å². The average Bonchev–Trinajstić information content (AvgIpc) is 2.80. The fourth-order valence-corrected chi connectivity index (χ4v) is 3.29. The van der Waals surface area contributed by atoms with E-state index in [-0.39, 0.29) is 6.09 Å². The smallest absolute Gasteiger partial charge is 0.410 e. The van der Waals surface area contributed by atoms with Crippen LogP contribution in [0.3, 0.4) is 0 Å². The Morgan fingerprint density at radius 1 is 1.09 bits per heavy atom. The maximum atomic E-state index is 12.3. The molecule has 2 atom stereocenters. The van der Waals surface area contributed by atoms with Crippen molar-refractivity contribution in [3.05, 3.63) is 0 Å². The summed E-state index contributed by atoms with van der Waals surface area (Å²) in [6.45, 7) is 9.61. The Bertz CT molecular complexity index is 346. The van der Waals surface area contributed by atoms with E-state index in [1.54, 1.807) is 0 Å². The molecule has 22 heavy (non-hydrogen) atoms. The minimum atomic E-state index is -0.417. The van der Waals surface area contributed by atoms with Crippen molar-refractivity contribution < 1.29 is 9.53 Å². The molecule has 128 valence electrons. The van der Waals surface area contributed by atoms with Gasteiger partial charge >= 0.3 is 6.09 Å². The first-order valence-corrected chi connectivity index (χ1v) is 8.89. The Hall–Kier alpha value is -0.810. The SMILES string of the molecule is CC(C)(C)OC(=O)N1CCCCC(NC2CCCNCC2)C1. The predicted molar refractivity (Wildman–Crippen MR) is 89.1 cm³/mol. The van der Waals surface area contributed by atoms with Crippen molar-refractivity contribution in [1.29, 1.82) is 0 Å². The van der Waals surface area contributed by atoms with Crippen LogP contribution < -0.4 is 10.6 Å². The van der Waals surface area contributed by atoms with Crippen LogP contribution in [-0.2, 0) is 4.74 Å². The Balaban J connectivity index is 1.87. The van der Waals surface area contributed by atoms with Gasteiger partial charge in [0.1, 0.15) is 5.60 Å². The van der Waals surface area contributed by atoms with E-state index >= 15 is 0 Å². The van der Waals surface area contributed by atoms with Gasteiger partial charge in [-0.1, -0.05) is 6.42 Å². The summed E-state index contributed by atoms with van der Waals surface area (Å²) in [5.41, 5.74) is -0.417. The molecule has 0 saturated carbocycles. The molecular weight excluding hydrogens is 278 g/mol. The molecule has 2 aliphatic rings. The molecule has 0 spiro atoms. The molecule has 2 fully saturated rings. The van der Waals surface area contributed by atoms with Crippen LogP contribution in [-0.4, -0.2) is 54.9 Å². The molecule has 2 rings (SSSR count). The van der Waals surface area contributed by atoms with Gasteiger partial charge in [-0.05, 0) is 66.0 Å². The van der Waals surface area contributed by atoms with Gasteiger partial charge in [0.05, 0.1) is 0 Å². The summed E-state index contributed by atoms with van der Waals surface area (Å²) in [6, 6.07) is 0.983. The molecule has 0 bridgehead atoms. The fraction of sp³-hybridized carbons (Fsp3) is 0.941. The third-order valence-corrected chi connectivity index (χ3v) is 4.37. The number of nitrogens with one attached hydrogen (secondary N) is 2. The molecule has 0 aromatic carbocycles. The third-order valence-electron chi connectivity index (χ3n) is 4.37. The van der Waals surface area contributed by atoms with Crippen LogP contribution in [0.15, 0.2) is 0 Å². The Labute approximate surface area is 135 Å². The molecular formula is C17H33N3O2. The number of amides is 1. The maximum absolute atomic E-state index is 12.3. The zero-order chi connectivity index (χ0) is 16.0. The van der Waals surface area contributed by atoms with Crippen molar-refractivity contribution in [1.82, 2.24) is 15.5 Å². The van der Waals surface area contributed by atoms with Crippen LogP contribution in [0.25, 0.3) is 0 Å². The van der Waals surface area contributed by atoms with Crippen LogP contribution in [0.2, 0.25) is 0 Å². The van der Waals surface area contributed by atoms with Crippen LogP contribution in [0, 0.1) is 0 Å². The van der Waals surface area contributed by atoms with Crippen molar-refractivity contribution in [2.45, 2.75) is 77.0 Å². The number of likely N-dealkylation sites (tertiary alicyclic amines) is 1. The minimum Gasteiger partial charge on any atom is -0.444 e. The van der Waals surface area contributed by atoms with Crippen LogP contribution in [0.5, 0.6) is 0 Å². The summed E-state index contributed by atoms with van der Waals surface area (Å²) in [4.78, 5) is 14.2. The van der Waals surface area contributed by atoms with Crippen LogP contribution >= 0.6 is 0 Å². The van der Waals surface area contributed by atoms with Gasteiger partial charge in [0, 0.05) is 25.2 Å². The topological polar surface area (TPSA) is 53.6 Å². The molecule has 5 nitrogen and oxygen atoms in total. The van der Waals surface area contributed by atoms with E-state index < -0.39 is 5.60 Å². The standard InChI is InChI=1S/C17H33N3O2/c1-17(2,3)22-16(21)20-12-5-4-7-15(13-20)19-14-8-6-10-18-11-9-14/h14-15,18-19H,4-13H2,1-3H3. The second-order valence-corrected chi connectivity index (χ2v) is 7.66. The second-order valence-electron chi connectivity index (χ2n) is 7.66. The molecule has 2 saturated heterocycles. The zero-order valence-corrected chi connectivity index (χ0v) is 14.5. The molecule has 0 radical (unpaired) electrons. The van der Waals surface area contributed by atoms with Crippen LogP contribution in [0.4, 0.5) is 4.79 Å². The average molecular weight is 311 g/mol. The number of rotatable bonds is 2. The number of carbonyl (C=O) groups is 1. The lowest BCUT2D eigenvalue weighted by atomic mass is 10.1. The molecule has 5 heteroatoms. The second kappa shape index (κ2) is 8.16. The first-order valence-electron chi connectivity index (χ1n) is 8.89. The van der Waals surface area contributed by atoms with Crippen molar-refractivity contribution in [3.8, 4) is 0 Å². The molecule has 2 aliphatic heterocycles. The number of carbonyl (C=O) groups excluding carboxylic acids is 1. The van der Waals surface area contributed by atoms with Gasteiger partial charge in [-0.2, -0.15) is 0 Å². The molecule has 2 unspecified atom stereocenters. The van der Waals surface area contributed by atoms with Crippen molar-refractivity contribution in [2.75, 3.05) is 26.2 Å². The first kappa shape index (κ1) is 17.5. The van der Waals surface area contributed by atoms with Gasteiger partial charge < -0.3 is 20.3 Å². The highest BCUT2D eigenvalue weighted by Crippen LogP contribution is 2.17. The number of nitrogens with zero attached hydrogens (tertiary/aromatic N) is 1. The summed E-state index contributed by atoms with van der Waals surface area (Å²) < 4.78 is 5.54. The maximum Gasteiger partial charge on any atom is 0.410 e. The zero-order valence-electron chi connectivity index (χ0n) is 14.5. The van der Waals surface area contributed by atoms with E-state index in [0.717, 1.165) is 39.0 Å². The van der Waals surface area contributed by atoms with Gasteiger partial charge in [-0.3, -0.25) is 0 Å². The summed E-state index contributed by atoms with van der Waals surface area (Å²) >= 11 is 0. The van der Waals surface area contributed by atoms with Crippen molar-refractivity contribution >= 4 is 6.09 Å². The summed E-state index contributed by atoms with van der Waals surface area (Å²) in [5, 5.41) is 7.25. The molecule has 0 aliphatic carbocycles. The highest BCUT2D eigenvalue weighted by atomic mass is 16.6. The van der Waals surface area contributed by atoms with E-state index in [9.17, 15) is 4.79 Å². The lowest BCUT2D eigenvalue weighted by molar-refractivity contribution is 0.0241. The normalized spacial score (nSPS) is 27.9. The third kappa shape index (κ3) is 6.13. The minimum absolute atomic E-state index is 0.163. The molecule has 0 aromatic rings. The molecule has 2 N–H and O–H groups in total. The number of hydrogen-bond donors (Lipinski definition) is 2. The lowest BCUT2D eigenvalue weighted by Gasteiger charge is -2.30. The van der Waals surface area contributed by atoms with E-state index in [1.807, 2.05) is 25.7 Å². The largest absolute Gasteiger partial charge is 0.444 e. The van der Waals surface area contributed by atoms with Gasteiger partial charge in [-0.15, -0.1) is 0 Å². The molecule has 0 aromatic heterocycles. The van der Waals surface area contributed by atoms with E-state index in [2.05, 4.69) is 10.6 Å². The van der Waals surface area contributed by atoms with Gasteiger partial charge in [0.2, 0.25) is 0 Å². The van der Waals surface area contributed by atoms with Gasteiger partial charge in [-0.25, -0.2) is 4.79 Å². The van der Waals surface area contributed by atoms with E-state index in [4.69, 9.17) is 4.74 Å². The summed E-state index contributed by atoms with van der Waals surface area (Å²) in [5.74, 6) is 0. The Kier molecular flexibility index (Phi) is 6.50. The monoisotopic (exact) mass is 311 g/mol. The molecule has 1 amide bonds. The quantitative estimate of drug-likeness (QED) is 0.823. The Morgan fingerprint density at radius 2 is 1.86 bits per heavy atom. The summed E-state index contributed by atoms with van der Waals surface area (Å²) in [6.07, 6.45) is 6.90. The highest BCUT2D eigenvalue weighted by molar-refractivity contribution is 5.68. The highest BCUT2D eigenvalue weighted by Gasteiger charge is 2.27. The number of ether oxygens (including phenoxy) is 1. The Morgan fingerprint density at radius 3 is 2.64 bits per heavy atom. The van der Waals surface area contributed by atoms with E-state index in [0.29, 0.717) is 12.1 Å². The van der Waals surface area contributed by atoms with E-state index in [1.165, 1.54) is 25.7 Å². The van der Waals surface area contributed by atoms with Gasteiger partial charge in [0.15, 0.2) is 0 Å². The summed E-state index contributed by atoms with van der Waals surface area (Å²) in [7, 11) is 0.